The molecule has 0 saturated carbocycles. The van der Waals surface area contributed by atoms with Gasteiger partial charge in [-0.1, -0.05) is 78.9 Å². The van der Waals surface area contributed by atoms with Crippen molar-refractivity contribution in [2.75, 3.05) is 0 Å². The summed E-state index contributed by atoms with van der Waals surface area (Å²) in [4.78, 5) is 0. The lowest BCUT2D eigenvalue weighted by atomic mass is 9.85. The summed E-state index contributed by atoms with van der Waals surface area (Å²) in [6.07, 6.45) is 0. The van der Waals surface area contributed by atoms with Gasteiger partial charge in [-0.25, -0.2) is 0 Å². The Hall–Kier alpha value is -4.18. The van der Waals surface area contributed by atoms with Crippen LogP contribution in [0.3, 0.4) is 0 Å². The molecule has 0 atom stereocenters. The fraction of sp³-hybridized carbons (Fsp3) is 0.103. The van der Waals surface area contributed by atoms with Crippen molar-refractivity contribution in [2.45, 2.75) is 18.8 Å². The first kappa shape index (κ1) is 22.0. The molecule has 1 aliphatic rings. The number of aromatic hydroxyl groups is 2. The average molecular weight is 435 g/mol. The second-order valence-electron chi connectivity index (χ2n) is 8.13. The first-order valence-electron chi connectivity index (χ1n) is 10.8. The maximum Gasteiger partial charge on any atom is 0.115 e. The molecule has 0 saturated heterocycles. The predicted octanol–water partition coefficient (Wildman–Crippen LogP) is 6.47. The summed E-state index contributed by atoms with van der Waals surface area (Å²) in [6, 6.07) is 32.6. The third-order valence-electron chi connectivity index (χ3n) is 5.81. The van der Waals surface area contributed by atoms with Crippen LogP contribution in [0.15, 0.2) is 103 Å². The number of fused-ring (bicyclic) bond motifs is 1. The summed E-state index contributed by atoms with van der Waals surface area (Å²) in [5, 5.41) is 34.6. The molecular weight excluding hydrogens is 408 g/mol. The van der Waals surface area contributed by atoms with E-state index in [4.69, 9.17) is 10.8 Å². The highest BCUT2D eigenvalue weighted by atomic mass is 16.3. The van der Waals surface area contributed by atoms with Crippen molar-refractivity contribution in [3.8, 4) is 11.5 Å². The minimum atomic E-state index is -0.381. The number of hydrogen-bond donors (Lipinski definition) is 4. The Bertz CT molecular complexity index is 1190. The van der Waals surface area contributed by atoms with Crippen LogP contribution < -0.4 is 0 Å². The van der Waals surface area contributed by atoms with Crippen molar-refractivity contribution in [3.05, 3.63) is 131 Å². The van der Waals surface area contributed by atoms with Gasteiger partial charge in [0.1, 0.15) is 11.5 Å². The van der Waals surface area contributed by atoms with Crippen molar-refractivity contribution < 1.29 is 10.2 Å². The second kappa shape index (κ2) is 9.53. The van der Waals surface area contributed by atoms with Crippen LogP contribution in [0.5, 0.6) is 11.5 Å². The zero-order valence-corrected chi connectivity index (χ0v) is 18.4. The highest BCUT2D eigenvalue weighted by Gasteiger charge is 2.32. The molecule has 1 aliphatic carbocycles. The maximum absolute atomic E-state index is 9.36. The summed E-state index contributed by atoms with van der Waals surface area (Å²) in [5.41, 5.74) is 6.44. The van der Waals surface area contributed by atoms with Gasteiger partial charge in [0, 0.05) is 11.6 Å². The summed E-state index contributed by atoms with van der Waals surface area (Å²) < 4.78 is 0. The molecule has 0 amide bonds. The van der Waals surface area contributed by atoms with Crippen molar-refractivity contribution >= 4 is 11.4 Å². The van der Waals surface area contributed by atoms with Crippen molar-refractivity contribution in [3.63, 3.8) is 0 Å². The van der Waals surface area contributed by atoms with E-state index in [2.05, 4.69) is 54.6 Å². The average Bonchev–Trinajstić information content (AvgIpc) is 3.57. The first-order valence-corrected chi connectivity index (χ1v) is 10.8. The Labute approximate surface area is 193 Å². The predicted molar refractivity (Wildman–Crippen MR) is 133 cm³/mol. The second-order valence-corrected chi connectivity index (χ2v) is 8.13. The van der Waals surface area contributed by atoms with E-state index < -0.39 is 0 Å². The Balaban J connectivity index is 0.000000170. The Morgan fingerprint density at radius 1 is 0.636 bits per heavy atom. The van der Waals surface area contributed by atoms with E-state index in [9.17, 15) is 10.2 Å². The van der Waals surface area contributed by atoms with Gasteiger partial charge in [-0.2, -0.15) is 0 Å². The molecule has 0 heterocycles. The number of benzene rings is 4. The number of phenols is 2. The zero-order valence-electron chi connectivity index (χ0n) is 18.4. The van der Waals surface area contributed by atoms with Crippen molar-refractivity contribution in [1.29, 1.82) is 10.8 Å². The molecule has 0 bridgehead atoms. The fourth-order valence-corrected chi connectivity index (χ4v) is 4.04. The highest BCUT2D eigenvalue weighted by Crippen LogP contribution is 2.47. The topological polar surface area (TPSA) is 88.2 Å². The zero-order chi connectivity index (χ0) is 23.4. The van der Waals surface area contributed by atoms with E-state index in [-0.39, 0.29) is 28.8 Å². The Morgan fingerprint density at radius 2 is 1.06 bits per heavy atom. The molecule has 4 heteroatoms. The smallest absolute Gasteiger partial charge is 0.115 e. The molecular formula is C29H26N2O2. The molecule has 0 aromatic heterocycles. The van der Waals surface area contributed by atoms with Crippen LogP contribution in [0.25, 0.3) is 0 Å². The molecule has 4 aromatic rings. The Kier molecular flexibility index (Phi) is 6.36. The van der Waals surface area contributed by atoms with Crippen LogP contribution in [-0.2, 0) is 0 Å². The van der Waals surface area contributed by atoms with Gasteiger partial charge in [0.15, 0.2) is 0 Å². The normalized spacial score (nSPS) is 11.8. The quantitative estimate of drug-likeness (QED) is 0.239. The van der Waals surface area contributed by atoms with Gasteiger partial charge in [0.25, 0.3) is 0 Å². The monoisotopic (exact) mass is 434 g/mol. The van der Waals surface area contributed by atoms with Crippen LogP contribution in [0, 0.1) is 10.8 Å². The number of hydrogen-bond acceptors (Lipinski definition) is 4. The standard InChI is InChI=1S/C16H16N2O2.C13H10/c1-10(17)16(18)15(11-2-6-13(19)7-3-11)12-4-8-14(20)9-5-12;1-2-6-10(7-3-1)13-11-8-4-5-9-12(11)13/h2-9,15,17-20H,1H3;1-9,13H. The minimum Gasteiger partial charge on any atom is -0.508 e. The molecule has 4 nitrogen and oxygen atoms in total. The number of rotatable bonds is 5. The maximum atomic E-state index is 9.36. The van der Waals surface area contributed by atoms with Gasteiger partial charge >= 0.3 is 0 Å². The van der Waals surface area contributed by atoms with E-state index in [0.717, 1.165) is 11.1 Å². The lowest BCUT2D eigenvalue weighted by Gasteiger charge is -2.19. The fourth-order valence-electron chi connectivity index (χ4n) is 4.04. The summed E-state index contributed by atoms with van der Waals surface area (Å²) >= 11 is 0. The molecule has 33 heavy (non-hydrogen) atoms. The lowest BCUT2D eigenvalue weighted by molar-refractivity contribution is 0.475. The Morgan fingerprint density at radius 3 is 1.48 bits per heavy atom. The van der Waals surface area contributed by atoms with E-state index in [1.807, 2.05) is 0 Å². The highest BCUT2D eigenvalue weighted by molar-refractivity contribution is 6.41. The molecule has 4 N–H and O–H groups in total. The summed E-state index contributed by atoms with van der Waals surface area (Å²) in [5.74, 6) is 0.539. The molecule has 0 radical (unpaired) electrons. The van der Waals surface area contributed by atoms with Crippen LogP contribution in [0.1, 0.15) is 46.6 Å². The van der Waals surface area contributed by atoms with Crippen LogP contribution >= 0.6 is 0 Å². The third-order valence-corrected chi connectivity index (χ3v) is 5.81. The van der Waals surface area contributed by atoms with Gasteiger partial charge in [-0.3, -0.25) is 0 Å². The van der Waals surface area contributed by atoms with Gasteiger partial charge < -0.3 is 21.0 Å². The molecule has 0 aliphatic heterocycles. The summed E-state index contributed by atoms with van der Waals surface area (Å²) in [6.45, 7) is 1.58. The van der Waals surface area contributed by atoms with E-state index >= 15 is 0 Å². The molecule has 4 aromatic carbocycles. The molecule has 0 spiro atoms. The van der Waals surface area contributed by atoms with E-state index in [0.29, 0.717) is 5.92 Å². The van der Waals surface area contributed by atoms with E-state index in [1.165, 1.54) is 16.7 Å². The number of nitrogens with one attached hydrogen (secondary N) is 2. The van der Waals surface area contributed by atoms with E-state index in [1.54, 1.807) is 55.5 Å². The molecule has 0 fully saturated rings. The van der Waals surface area contributed by atoms with Crippen LogP contribution in [0.2, 0.25) is 0 Å². The van der Waals surface area contributed by atoms with Crippen LogP contribution in [0.4, 0.5) is 0 Å². The number of phenolic OH excluding ortho intramolecular Hbond substituents is 2. The van der Waals surface area contributed by atoms with Gasteiger partial charge in [0.2, 0.25) is 0 Å². The third kappa shape index (κ3) is 5.01. The molecule has 5 rings (SSSR count). The van der Waals surface area contributed by atoms with Crippen molar-refractivity contribution in [1.82, 2.24) is 0 Å². The van der Waals surface area contributed by atoms with Gasteiger partial charge in [-0.15, -0.1) is 0 Å². The molecule has 164 valence electrons. The minimum absolute atomic E-state index is 0.163. The van der Waals surface area contributed by atoms with Gasteiger partial charge in [-0.05, 0) is 59.0 Å². The SMILES string of the molecule is CC(=N)C(=N)C(c1ccc(O)cc1)c1ccc(O)cc1.c1ccc(C2c3ccccc32)cc1. The lowest BCUT2D eigenvalue weighted by Crippen LogP contribution is -2.19. The first-order chi connectivity index (χ1) is 16.0. The van der Waals surface area contributed by atoms with Gasteiger partial charge in [0.05, 0.1) is 11.6 Å². The summed E-state index contributed by atoms with van der Waals surface area (Å²) in [7, 11) is 0. The van der Waals surface area contributed by atoms with Crippen molar-refractivity contribution in [2.24, 2.45) is 0 Å². The molecule has 0 unspecified atom stereocenters. The largest absolute Gasteiger partial charge is 0.508 e. The van der Waals surface area contributed by atoms with Crippen LogP contribution in [-0.4, -0.2) is 21.6 Å².